The van der Waals surface area contributed by atoms with Crippen molar-refractivity contribution in [1.82, 2.24) is 19.3 Å². The number of hydrogen-bond donors (Lipinski definition) is 2. The van der Waals surface area contributed by atoms with E-state index in [0.717, 1.165) is 5.56 Å². The van der Waals surface area contributed by atoms with Crippen molar-refractivity contribution in [3.63, 3.8) is 0 Å². The number of aryl methyl sites for hydroxylation is 1. The number of benzene rings is 1. The van der Waals surface area contributed by atoms with E-state index in [-0.39, 0.29) is 35.1 Å². The first kappa shape index (κ1) is 21.9. The van der Waals surface area contributed by atoms with Crippen molar-refractivity contribution in [1.29, 1.82) is 5.41 Å². The number of carbonyl (C=O) groups excluding carboxylic acids is 2. The maximum absolute atomic E-state index is 13.2. The summed E-state index contributed by atoms with van der Waals surface area (Å²) >= 11 is 0. The van der Waals surface area contributed by atoms with Gasteiger partial charge in [-0.25, -0.2) is 4.98 Å². The number of ether oxygens (including phenoxy) is 1. The van der Waals surface area contributed by atoms with Gasteiger partial charge in [0.05, 0.1) is 17.6 Å². The average Bonchev–Trinajstić information content (AvgIpc) is 2.82. The van der Waals surface area contributed by atoms with Crippen molar-refractivity contribution in [2.45, 2.75) is 26.4 Å². The van der Waals surface area contributed by atoms with Gasteiger partial charge in [-0.05, 0) is 30.2 Å². The van der Waals surface area contributed by atoms with Gasteiger partial charge in [0.2, 0.25) is 0 Å². The average molecular weight is 445 g/mol. The van der Waals surface area contributed by atoms with Crippen LogP contribution in [0.4, 0.5) is 0 Å². The third-order valence-electron chi connectivity index (χ3n) is 5.19. The molecule has 3 heterocycles. The van der Waals surface area contributed by atoms with Crippen LogP contribution in [0.3, 0.4) is 0 Å². The summed E-state index contributed by atoms with van der Waals surface area (Å²) in [5, 5.41) is 11.7. The van der Waals surface area contributed by atoms with Gasteiger partial charge < -0.3 is 14.6 Å². The molecule has 0 fully saturated rings. The Hall–Kier alpha value is -4.27. The smallest absolute Gasteiger partial charge is 0.302 e. The van der Waals surface area contributed by atoms with E-state index < -0.39 is 11.9 Å². The fourth-order valence-corrected chi connectivity index (χ4v) is 3.59. The Morgan fingerprint density at radius 2 is 1.88 bits per heavy atom. The molecule has 9 nitrogen and oxygen atoms in total. The normalized spacial score (nSPS) is 10.9. The lowest BCUT2D eigenvalue weighted by Gasteiger charge is -2.15. The molecule has 1 amide bonds. The Morgan fingerprint density at radius 1 is 1.12 bits per heavy atom. The van der Waals surface area contributed by atoms with Crippen molar-refractivity contribution in [3.05, 3.63) is 87.8 Å². The van der Waals surface area contributed by atoms with E-state index in [0.29, 0.717) is 24.3 Å². The first-order valence-electron chi connectivity index (χ1n) is 10.5. The molecule has 0 atom stereocenters. The Morgan fingerprint density at radius 3 is 2.64 bits per heavy atom. The summed E-state index contributed by atoms with van der Waals surface area (Å²) < 4.78 is 7.92. The van der Waals surface area contributed by atoms with E-state index in [1.807, 2.05) is 30.3 Å². The second-order valence-corrected chi connectivity index (χ2v) is 7.50. The molecule has 2 N–H and O–H groups in total. The fourth-order valence-electron chi connectivity index (χ4n) is 3.59. The lowest BCUT2D eigenvalue weighted by molar-refractivity contribution is -0.141. The minimum Gasteiger partial charge on any atom is -0.466 e. The number of rotatable bonds is 7. The second kappa shape index (κ2) is 9.47. The number of hydrogen-bond acceptors (Lipinski definition) is 6. The molecular weight excluding hydrogens is 422 g/mol. The van der Waals surface area contributed by atoms with E-state index in [2.05, 4.69) is 10.3 Å². The summed E-state index contributed by atoms with van der Waals surface area (Å²) in [5.41, 5.74) is 1.33. The van der Waals surface area contributed by atoms with Gasteiger partial charge in [0.15, 0.2) is 0 Å². The summed E-state index contributed by atoms with van der Waals surface area (Å²) in [6, 6.07) is 16.0. The zero-order chi connectivity index (χ0) is 23.4. The SMILES string of the molecule is CC(=O)OCCCn1c(=N)c(C(=O)NCc2ccccc2)cc2c(=O)n3ccccc3nc21. The third-order valence-corrected chi connectivity index (χ3v) is 5.19. The van der Waals surface area contributed by atoms with Gasteiger partial charge in [0.25, 0.3) is 11.5 Å². The summed E-state index contributed by atoms with van der Waals surface area (Å²) in [6.07, 6.45) is 2.01. The van der Waals surface area contributed by atoms with E-state index in [1.165, 1.54) is 22.0 Å². The Labute approximate surface area is 188 Å². The zero-order valence-corrected chi connectivity index (χ0v) is 18.1. The highest BCUT2D eigenvalue weighted by atomic mass is 16.5. The zero-order valence-electron chi connectivity index (χ0n) is 18.1. The van der Waals surface area contributed by atoms with Gasteiger partial charge >= 0.3 is 5.97 Å². The predicted octanol–water partition coefficient (Wildman–Crippen LogP) is 2.01. The quantitative estimate of drug-likeness (QED) is 0.256. The van der Waals surface area contributed by atoms with Crippen LogP contribution in [0.1, 0.15) is 29.3 Å². The Bertz CT molecular complexity index is 1460. The van der Waals surface area contributed by atoms with Crippen molar-refractivity contribution in [2.75, 3.05) is 6.61 Å². The number of nitrogens with zero attached hydrogens (tertiary/aromatic N) is 3. The molecule has 0 aliphatic carbocycles. The fraction of sp³-hybridized carbons (Fsp3) is 0.208. The van der Waals surface area contributed by atoms with Crippen LogP contribution in [0.15, 0.2) is 65.6 Å². The molecule has 1 aromatic carbocycles. The molecule has 4 aromatic rings. The predicted molar refractivity (Wildman–Crippen MR) is 122 cm³/mol. The summed E-state index contributed by atoms with van der Waals surface area (Å²) in [6.45, 7) is 2.02. The topological polar surface area (TPSA) is 119 Å². The van der Waals surface area contributed by atoms with Crippen LogP contribution in [-0.4, -0.2) is 32.4 Å². The maximum Gasteiger partial charge on any atom is 0.302 e. The van der Waals surface area contributed by atoms with Crippen LogP contribution < -0.4 is 16.4 Å². The first-order valence-corrected chi connectivity index (χ1v) is 10.5. The van der Waals surface area contributed by atoms with E-state index in [1.54, 1.807) is 24.4 Å². The highest BCUT2D eigenvalue weighted by Gasteiger charge is 2.17. The Balaban J connectivity index is 1.78. The largest absolute Gasteiger partial charge is 0.466 e. The number of esters is 1. The van der Waals surface area contributed by atoms with E-state index in [4.69, 9.17) is 10.1 Å². The van der Waals surface area contributed by atoms with Crippen LogP contribution in [-0.2, 0) is 22.6 Å². The number of carbonyl (C=O) groups is 2. The number of aromatic nitrogens is 3. The molecule has 0 unspecified atom stereocenters. The highest BCUT2D eigenvalue weighted by Crippen LogP contribution is 2.11. The number of nitrogens with one attached hydrogen (secondary N) is 2. The third kappa shape index (κ3) is 4.67. The Kier molecular flexibility index (Phi) is 6.30. The monoisotopic (exact) mass is 445 g/mol. The number of fused-ring (bicyclic) bond motifs is 2. The maximum atomic E-state index is 13.2. The van der Waals surface area contributed by atoms with Gasteiger partial charge in [-0.1, -0.05) is 36.4 Å². The highest BCUT2D eigenvalue weighted by molar-refractivity contribution is 5.96. The number of pyridine rings is 2. The molecule has 9 heteroatoms. The summed E-state index contributed by atoms with van der Waals surface area (Å²) in [7, 11) is 0. The molecule has 168 valence electrons. The molecule has 0 saturated heterocycles. The van der Waals surface area contributed by atoms with Crippen LogP contribution >= 0.6 is 0 Å². The summed E-state index contributed by atoms with van der Waals surface area (Å²) in [5.74, 6) is -0.857. The standard InChI is InChI=1S/C24H23N5O4/c1-16(30)33-13-7-12-29-21(25)18(23(31)26-15-17-8-3-2-4-9-17)14-19-22(29)27-20-10-5-6-11-28(20)24(19)32/h2-6,8-11,14,25H,7,12-13,15H2,1H3,(H,26,31). The first-order chi connectivity index (χ1) is 16.0. The number of amides is 1. The molecule has 0 aliphatic rings. The van der Waals surface area contributed by atoms with Crippen molar-refractivity contribution >= 4 is 28.6 Å². The van der Waals surface area contributed by atoms with Gasteiger partial charge in [-0.15, -0.1) is 0 Å². The lowest BCUT2D eigenvalue weighted by Crippen LogP contribution is -2.35. The van der Waals surface area contributed by atoms with Crippen LogP contribution in [0.5, 0.6) is 0 Å². The van der Waals surface area contributed by atoms with Crippen molar-refractivity contribution in [2.24, 2.45) is 0 Å². The molecular formula is C24H23N5O4. The summed E-state index contributed by atoms with van der Waals surface area (Å²) in [4.78, 5) is 41.8. The molecule has 0 spiro atoms. The van der Waals surface area contributed by atoms with Gasteiger partial charge in [-0.3, -0.25) is 24.2 Å². The van der Waals surface area contributed by atoms with Gasteiger partial charge in [0, 0.05) is 26.2 Å². The molecule has 33 heavy (non-hydrogen) atoms. The van der Waals surface area contributed by atoms with Gasteiger partial charge in [0.1, 0.15) is 16.8 Å². The van der Waals surface area contributed by atoms with Crippen LogP contribution in [0.25, 0.3) is 16.7 Å². The van der Waals surface area contributed by atoms with E-state index in [9.17, 15) is 14.4 Å². The molecule has 0 radical (unpaired) electrons. The van der Waals surface area contributed by atoms with Crippen LogP contribution in [0, 0.1) is 5.41 Å². The minimum atomic E-state index is -0.461. The minimum absolute atomic E-state index is 0.0666. The van der Waals surface area contributed by atoms with Crippen molar-refractivity contribution in [3.8, 4) is 0 Å². The lowest BCUT2D eigenvalue weighted by atomic mass is 10.1. The van der Waals surface area contributed by atoms with Crippen LogP contribution in [0.2, 0.25) is 0 Å². The van der Waals surface area contributed by atoms with E-state index >= 15 is 0 Å². The van der Waals surface area contributed by atoms with Gasteiger partial charge in [-0.2, -0.15) is 0 Å². The molecule has 4 rings (SSSR count). The molecule has 0 saturated carbocycles. The van der Waals surface area contributed by atoms with Crippen molar-refractivity contribution < 1.29 is 14.3 Å². The second-order valence-electron chi connectivity index (χ2n) is 7.50. The molecule has 3 aromatic heterocycles. The molecule has 0 bridgehead atoms. The molecule has 0 aliphatic heterocycles.